The average molecular weight is 352 g/mol. The van der Waals surface area contributed by atoms with Crippen LogP contribution in [0.1, 0.15) is 48.2 Å². The van der Waals surface area contributed by atoms with Crippen LogP contribution in [-0.2, 0) is 6.54 Å². The van der Waals surface area contributed by atoms with Gasteiger partial charge in [-0.15, -0.1) is 0 Å². The van der Waals surface area contributed by atoms with Gasteiger partial charge in [0.1, 0.15) is 12.3 Å². The smallest absolute Gasteiger partial charge is 0.231 e. The number of carbonyl (C=O) groups excluding carboxylic acids is 1. The number of nitrogens with one attached hydrogen (secondary N) is 1. The quantitative estimate of drug-likeness (QED) is 0.774. The number of benzene rings is 1. The SMILES string of the molecule is CCC[NH+](CCC)Cc1c([O-])ccc2c1OC(=Cc1cccnc1)C2=O. The third-order valence-corrected chi connectivity index (χ3v) is 4.51. The van der Waals surface area contributed by atoms with Crippen molar-refractivity contribution in [3.8, 4) is 11.5 Å². The Morgan fingerprint density at radius 3 is 2.62 bits per heavy atom. The second kappa shape index (κ2) is 8.15. The van der Waals surface area contributed by atoms with E-state index >= 15 is 0 Å². The lowest BCUT2D eigenvalue weighted by Crippen LogP contribution is -3.10. The second-order valence-electron chi connectivity index (χ2n) is 6.57. The summed E-state index contributed by atoms with van der Waals surface area (Å²) in [7, 11) is 0. The van der Waals surface area contributed by atoms with Gasteiger partial charge in [-0.2, -0.15) is 0 Å². The van der Waals surface area contributed by atoms with Gasteiger partial charge in [0.2, 0.25) is 5.78 Å². The zero-order chi connectivity index (χ0) is 18.5. The molecular weight excluding hydrogens is 328 g/mol. The van der Waals surface area contributed by atoms with Crippen LogP contribution >= 0.6 is 0 Å². The highest BCUT2D eigenvalue weighted by Gasteiger charge is 2.30. The first-order chi connectivity index (χ1) is 12.6. The molecule has 1 N–H and O–H groups in total. The van der Waals surface area contributed by atoms with Gasteiger partial charge in [0.15, 0.2) is 5.76 Å². The van der Waals surface area contributed by atoms with Crippen LogP contribution in [0, 0.1) is 0 Å². The van der Waals surface area contributed by atoms with Crippen molar-refractivity contribution < 1.29 is 19.5 Å². The van der Waals surface area contributed by atoms with Crippen molar-refractivity contribution in [2.45, 2.75) is 33.2 Å². The molecule has 136 valence electrons. The molecule has 2 heterocycles. The van der Waals surface area contributed by atoms with E-state index in [1.807, 2.05) is 6.07 Å². The number of quaternary nitrogens is 1. The molecule has 3 rings (SSSR count). The third-order valence-electron chi connectivity index (χ3n) is 4.51. The first-order valence-electron chi connectivity index (χ1n) is 9.14. The van der Waals surface area contributed by atoms with E-state index in [1.165, 1.54) is 11.0 Å². The molecular formula is C21H24N2O3. The van der Waals surface area contributed by atoms with E-state index in [-0.39, 0.29) is 17.3 Å². The number of hydrogen-bond acceptors (Lipinski definition) is 4. The summed E-state index contributed by atoms with van der Waals surface area (Å²) in [5.74, 6) is 0.427. The number of allylic oxidation sites excluding steroid dienone is 1. The fourth-order valence-corrected chi connectivity index (χ4v) is 3.33. The van der Waals surface area contributed by atoms with E-state index in [0.717, 1.165) is 31.5 Å². The monoisotopic (exact) mass is 352 g/mol. The Morgan fingerprint density at radius 2 is 1.96 bits per heavy atom. The van der Waals surface area contributed by atoms with Crippen molar-refractivity contribution in [2.24, 2.45) is 0 Å². The molecule has 0 atom stereocenters. The Kier molecular flexibility index (Phi) is 5.68. The molecule has 0 saturated carbocycles. The van der Waals surface area contributed by atoms with Gasteiger partial charge in [0.05, 0.1) is 18.7 Å². The van der Waals surface area contributed by atoms with Crippen molar-refractivity contribution in [1.29, 1.82) is 0 Å². The van der Waals surface area contributed by atoms with Gasteiger partial charge < -0.3 is 14.7 Å². The molecule has 0 bridgehead atoms. The molecule has 0 spiro atoms. The summed E-state index contributed by atoms with van der Waals surface area (Å²) in [5, 5.41) is 12.5. The van der Waals surface area contributed by atoms with Crippen molar-refractivity contribution >= 4 is 11.9 Å². The zero-order valence-corrected chi connectivity index (χ0v) is 15.2. The number of hydrogen-bond donors (Lipinski definition) is 1. The summed E-state index contributed by atoms with van der Waals surface area (Å²) in [6.07, 6.45) is 7.11. The number of Topliss-reactive ketones (excluding diaryl/α,β-unsaturated/α-hetero) is 1. The molecule has 1 aliphatic rings. The second-order valence-corrected chi connectivity index (χ2v) is 6.57. The fraction of sp³-hybridized carbons (Fsp3) is 0.333. The topological polar surface area (TPSA) is 66.7 Å². The van der Waals surface area contributed by atoms with E-state index in [4.69, 9.17) is 4.74 Å². The summed E-state index contributed by atoms with van der Waals surface area (Å²) in [5.41, 5.74) is 1.86. The number of fused-ring (bicyclic) bond motifs is 1. The zero-order valence-electron chi connectivity index (χ0n) is 15.2. The molecule has 0 amide bonds. The Balaban J connectivity index is 1.93. The first kappa shape index (κ1) is 18.1. The number of pyridine rings is 1. The Hall–Kier alpha value is -2.66. The highest BCUT2D eigenvalue weighted by atomic mass is 16.5. The number of aromatic nitrogens is 1. The minimum absolute atomic E-state index is 0.0658. The maximum Gasteiger partial charge on any atom is 0.231 e. The molecule has 0 fully saturated rings. The Bertz CT molecular complexity index is 810. The number of nitrogens with zero attached hydrogens (tertiary/aromatic N) is 1. The molecule has 0 radical (unpaired) electrons. The molecule has 2 aromatic rings. The molecule has 0 aliphatic carbocycles. The molecule has 1 aromatic carbocycles. The van der Waals surface area contributed by atoms with Crippen LogP contribution in [0.4, 0.5) is 0 Å². The van der Waals surface area contributed by atoms with Crippen molar-refractivity contribution in [1.82, 2.24) is 4.98 Å². The van der Waals surface area contributed by atoms with E-state index in [0.29, 0.717) is 23.4 Å². The Labute approximate surface area is 153 Å². The minimum atomic E-state index is -0.183. The lowest BCUT2D eigenvalue weighted by Gasteiger charge is -2.23. The van der Waals surface area contributed by atoms with Crippen molar-refractivity contribution in [3.63, 3.8) is 0 Å². The average Bonchev–Trinajstić information content (AvgIpc) is 2.95. The van der Waals surface area contributed by atoms with Crippen LogP contribution in [0.3, 0.4) is 0 Å². The maximum absolute atomic E-state index is 12.7. The first-order valence-corrected chi connectivity index (χ1v) is 9.14. The molecule has 0 saturated heterocycles. The predicted molar refractivity (Wildman–Crippen MR) is 98.0 cm³/mol. The number of ketones is 1. The van der Waals surface area contributed by atoms with Crippen LogP contribution in [0.25, 0.3) is 6.08 Å². The predicted octanol–water partition coefficient (Wildman–Crippen LogP) is 1.98. The summed E-state index contributed by atoms with van der Waals surface area (Å²) in [6, 6.07) is 6.72. The van der Waals surface area contributed by atoms with Gasteiger partial charge in [0.25, 0.3) is 0 Å². The van der Waals surface area contributed by atoms with Crippen molar-refractivity contribution in [2.75, 3.05) is 13.1 Å². The van der Waals surface area contributed by atoms with E-state index in [9.17, 15) is 9.90 Å². The number of rotatable bonds is 7. The molecule has 26 heavy (non-hydrogen) atoms. The standard InChI is InChI=1S/C21H24N2O3/c1-3-10-23(11-4-2)14-17-18(24)8-7-16-20(25)19(26-21(16)17)12-15-6-5-9-22-13-15/h5-9,12-13,24H,3-4,10-11,14H2,1-2H3. The lowest BCUT2D eigenvalue weighted by atomic mass is 10.0. The van der Waals surface area contributed by atoms with Gasteiger partial charge in [-0.05, 0) is 36.6 Å². The van der Waals surface area contributed by atoms with Gasteiger partial charge >= 0.3 is 0 Å². The van der Waals surface area contributed by atoms with Crippen LogP contribution in [0.15, 0.2) is 42.4 Å². The summed E-state index contributed by atoms with van der Waals surface area (Å²) in [6.45, 7) is 6.83. The summed E-state index contributed by atoms with van der Waals surface area (Å²) < 4.78 is 5.86. The third kappa shape index (κ3) is 3.78. The van der Waals surface area contributed by atoms with Gasteiger partial charge in [-0.1, -0.05) is 31.7 Å². The van der Waals surface area contributed by atoms with Crippen LogP contribution < -0.4 is 14.7 Å². The molecule has 0 unspecified atom stereocenters. The molecule has 5 nitrogen and oxygen atoms in total. The highest BCUT2D eigenvalue weighted by Crippen LogP contribution is 2.38. The maximum atomic E-state index is 12.7. The summed E-state index contributed by atoms with van der Waals surface area (Å²) in [4.78, 5) is 18.1. The van der Waals surface area contributed by atoms with E-state index < -0.39 is 0 Å². The van der Waals surface area contributed by atoms with Crippen LogP contribution in [0.5, 0.6) is 11.5 Å². The Morgan fingerprint density at radius 1 is 1.19 bits per heavy atom. The van der Waals surface area contributed by atoms with Gasteiger partial charge in [-0.3, -0.25) is 9.78 Å². The molecule has 1 aromatic heterocycles. The number of carbonyl (C=O) groups is 1. The van der Waals surface area contributed by atoms with Crippen molar-refractivity contribution in [3.05, 3.63) is 59.1 Å². The van der Waals surface area contributed by atoms with E-state index in [2.05, 4.69) is 18.8 Å². The minimum Gasteiger partial charge on any atom is -0.872 e. The highest BCUT2D eigenvalue weighted by molar-refractivity contribution is 6.14. The summed E-state index contributed by atoms with van der Waals surface area (Å²) >= 11 is 0. The number of ether oxygens (including phenoxy) is 1. The largest absolute Gasteiger partial charge is 0.872 e. The van der Waals surface area contributed by atoms with Gasteiger partial charge in [-0.25, -0.2) is 0 Å². The van der Waals surface area contributed by atoms with E-state index in [1.54, 1.807) is 30.6 Å². The van der Waals surface area contributed by atoms with Crippen LogP contribution in [-0.4, -0.2) is 23.9 Å². The molecule has 1 aliphatic heterocycles. The molecule has 5 heteroatoms. The van der Waals surface area contributed by atoms with Gasteiger partial charge in [0, 0.05) is 18.0 Å². The normalized spacial score (nSPS) is 14.7. The van der Waals surface area contributed by atoms with Crippen LogP contribution in [0.2, 0.25) is 0 Å². The lowest BCUT2D eigenvalue weighted by molar-refractivity contribution is -0.914. The fourth-order valence-electron chi connectivity index (χ4n) is 3.33.